The number of unbranched alkanes of at least 4 members (excludes halogenated alkanes) is 7. The quantitative estimate of drug-likeness (QED) is 0.644. The van der Waals surface area contributed by atoms with Gasteiger partial charge in [0.1, 0.15) is 0 Å². The smallest absolute Gasteiger partial charge is 0.164 e. The first kappa shape index (κ1) is 15.3. The molecule has 0 aromatic carbocycles. The summed E-state index contributed by atoms with van der Waals surface area (Å²) in [6.45, 7) is 2.26. The standard InChI is InChI=1S/C16H30O3/c1-2-3-4-5-6-7-8-9-10-14-11-13-12-15(17)19-16(13)18-14/h13-17H,2-12H2,1H3/t13-,14-,15+,16+/m1/s1. The minimum Gasteiger partial charge on any atom is -0.368 e. The third-order valence-corrected chi connectivity index (χ3v) is 4.45. The van der Waals surface area contributed by atoms with Crippen LogP contribution in [0.4, 0.5) is 0 Å². The van der Waals surface area contributed by atoms with Crippen LogP contribution in [0.2, 0.25) is 0 Å². The second-order valence-corrected chi connectivity index (χ2v) is 6.21. The van der Waals surface area contributed by atoms with Gasteiger partial charge in [0.2, 0.25) is 0 Å². The second kappa shape index (κ2) is 8.23. The highest BCUT2D eigenvalue weighted by molar-refractivity contribution is 4.82. The molecule has 2 aliphatic rings. The summed E-state index contributed by atoms with van der Waals surface area (Å²) in [5, 5.41) is 9.35. The lowest BCUT2D eigenvalue weighted by molar-refractivity contribution is -0.190. The van der Waals surface area contributed by atoms with E-state index in [1.165, 1.54) is 57.8 Å². The van der Waals surface area contributed by atoms with E-state index in [0.29, 0.717) is 12.0 Å². The number of hydrogen-bond acceptors (Lipinski definition) is 3. The number of rotatable bonds is 9. The van der Waals surface area contributed by atoms with Crippen molar-refractivity contribution in [2.75, 3.05) is 0 Å². The first-order chi connectivity index (χ1) is 9.29. The van der Waals surface area contributed by atoms with Gasteiger partial charge in [-0.1, -0.05) is 58.3 Å². The van der Waals surface area contributed by atoms with Crippen molar-refractivity contribution in [2.24, 2.45) is 5.92 Å². The Morgan fingerprint density at radius 1 is 0.895 bits per heavy atom. The molecule has 4 atom stereocenters. The van der Waals surface area contributed by atoms with Crippen molar-refractivity contribution in [3.05, 3.63) is 0 Å². The maximum absolute atomic E-state index is 9.35. The van der Waals surface area contributed by atoms with Crippen molar-refractivity contribution >= 4 is 0 Å². The fourth-order valence-corrected chi connectivity index (χ4v) is 3.32. The molecule has 0 saturated carbocycles. The average Bonchev–Trinajstić information content (AvgIpc) is 2.89. The van der Waals surface area contributed by atoms with E-state index in [4.69, 9.17) is 9.47 Å². The van der Waals surface area contributed by atoms with Crippen LogP contribution in [0.3, 0.4) is 0 Å². The lowest BCUT2D eigenvalue weighted by Gasteiger charge is -2.13. The lowest BCUT2D eigenvalue weighted by Crippen LogP contribution is -2.16. The number of aliphatic hydroxyl groups excluding tert-OH is 1. The van der Waals surface area contributed by atoms with E-state index in [0.717, 1.165) is 12.8 Å². The molecule has 3 nitrogen and oxygen atoms in total. The molecule has 112 valence electrons. The van der Waals surface area contributed by atoms with Gasteiger partial charge in [-0.05, 0) is 12.8 Å². The van der Waals surface area contributed by atoms with Gasteiger partial charge in [-0.3, -0.25) is 0 Å². The van der Waals surface area contributed by atoms with E-state index >= 15 is 0 Å². The molecular weight excluding hydrogens is 240 g/mol. The van der Waals surface area contributed by atoms with Gasteiger partial charge in [0.05, 0.1) is 6.10 Å². The minimum atomic E-state index is -0.584. The normalized spacial score (nSPS) is 33.8. The van der Waals surface area contributed by atoms with Crippen LogP contribution in [0.5, 0.6) is 0 Å². The highest BCUT2D eigenvalue weighted by Gasteiger charge is 2.42. The van der Waals surface area contributed by atoms with Gasteiger partial charge in [-0.15, -0.1) is 0 Å². The van der Waals surface area contributed by atoms with Crippen LogP contribution < -0.4 is 0 Å². The average molecular weight is 270 g/mol. The maximum atomic E-state index is 9.35. The lowest BCUT2D eigenvalue weighted by atomic mass is 9.99. The van der Waals surface area contributed by atoms with Crippen molar-refractivity contribution in [3.8, 4) is 0 Å². The Bertz CT molecular complexity index is 230. The molecule has 0 spiro atoms. The Balaban J connectivity index is 1.43. The van der Waals surface area contributed by atoms with Gasteiger partial charge in [0.15, 0.2) is 12.6 Å². The highest BCUT2D eigenvalue weighted by Crippen LogP contribution is 2.38. The zero-order valence-electron chi connectivity index (χ0n) is 12.4. The van der Waals surface area contributed by atoms with E-state index in [-0.39, 0.29) is 6.29 Å². The van der Waals surface area contributed by atoms with Crippen LogP contribution in [0.1, 0.15) is 77.6 Å². The van der Waals surface area contributed by atoms with E-state index < -0.39 is 6.29 Å². The molecule has 0 amide bonds. The van der Waals surface area contributed by atoms with E-state index in [1.807, 2.05) is 0 Å². The fraction of sp³-hybridized carbons (Fsp3) is 1.00. The molecule has 2 heterocycles. The molecule has 0 unspecified atom stereocenters. The van der Waals surface area contributed by atoms with Crippen LogP contribution >= 0.6 is 0 Å². The molecule has 0 radical (unpaired) electrons. The summed E-state index contributed by atoms with van der Waals surface area (Å²) in [6.07, 6.45) is 13.6. The molecule has 2 rings (SSSR count). The van der Waals surface area contributed by atoms with Crippen molar-refractivity contribution in [3.63, 3.8) is 0 Å². The Hall–Kier alpha value is -0.120. The summed E-state index contributed by atoms with van der Waals surface area (Å²) in [4.78, 5) is 0. The molecular formula is C16H30O3. The predicted molar refractivity (Wildman–Crippen MR) is 75.7 cm³/mol. The van der Waals surface area contributed by atoms with Crippen molar-refractivity contribution in [1.82, 2.24) is 0 Å². The third-order valence-electron chi connectivity index (χ3n) is 4.45. The van der Waals surface area contributed by atoms with Gasteiger partial charge in [0.25, 0.3) is 0 Å². The third kappa shape index (κ3) is 5.05. The van der Waals surface area contributed by atoms with Gasteiger partial charge in [-0.25, -0.2) is 0 Å². The molecule has 1 N–H and O–H groups in total. The Morgan fingerprint density at radius 2 is 1.58 bits per heavy atom. The molecule has 0 bridgehead atoms. The van der Waals surface area contributed by atoms with Crippen LogP contribution in [0.25, 0.3) is 0 Å². The number of ether oxygens (including phenoxy) is 2. The van der Waals surface area contributed by atoms with Crippen LogP contribution in [0, 0.1) is 5.92 Å². The molecule has 19 heavy (non-hydrogen) atoms. The molecule has 0 aromatic heterocycles. The second-order valence-electron chi connectivity index (χ2n) is 6.21. The Morgan fingerprint density at radius 3 is 2.26 bits per heavy atom. The Kier molecular flexibility index (Phi) is 6.62. The van der Waals surface area contributed by atoms with Crippen molar-refractivity contribution in [2.45, 2.75) is 96.2 Å². The molecule has 0 aliphatic carbocycles. The number of hydrogen-bond donors (Lipinski definition) is 1. The molecule has 2 saturated heterocycles. The topological polar surface area (TPSA) is 38.7 Å². The summed E-state index contributed by atoms with van der Waals surface area (Å²) >= 11 is 0. The molecule has 3 heteroatoms. The van der Waals surface area contributed by atoms with Gasteiger partial charge in [-0.2, -0.15) is 0 Å². The van der Waals surface area contributed by atoms with Gasteiger partial charge >= 0.3 is 0 Å². The first-order valence-electron chi connectivity index (χ1n) is 8.28. The number of fused-ring (bicyclic) bond motifs is 1. The molecule has 0 aromatic rings. The molecule has 2 aliphatic heterocycles. The van der Waals surface area contributed by atoms with Gasteiger partial charge < -0.3 is 14.6 Å². The van der Waals surface area contributed by atoms with Crippen molar-refractivity contribution in [1.29, 1.82) is 0 Å². The predicted octanol–water partition coefficient (Wildman–Crippen LogP) is 3.99. The summed E-state index contributed by atoms with van der Waals surface area (Å²) in [6, 6.07) is 0. The van der Waals surface area contributed by atoms with E-state index in [9.17, 15) is 5.11 Å². The highest BCUT2D eigenvalue weighted by atomic mass is 16.7. The van der Waals surface area contributed by atoms with Gasteiger partial charge in [0, 0.05) is 12.3 Å². The summed E-state index contributed by atoms with van der Waals surface area (Å²) in [7, 11) is 0. The zero-order chi connectivity index (χ0) is 13.5. The summed E-state index contributed by atoms with van der Waals surface area (Å²) in [5.74, 6) is 0.439. The largest absolute Gasteiger partial charge is 0.368 e. The maximum Gasteiger partial charge on any atom is 0.164 e. The fourth-order valence-electron chi connectivity index (χ4n) is 3.32. The van der Waals surface area contributed by atoms with Crippen molar-refractivity contribution < 1.29 is 14.6 Å². The molecule has 2 fully saturated rings. The van der Waals surface area contributed by atoms with Crippen LogP contribution in [0.15, 0.2) is 0 Å². The monoisotopic (exact) mass is 270 g/mol. The SMILES string of the molecule is CCCCCCCCCC[C@@H]1C[C@@H]2C[C@@H](O)O[C@@H]2O1. The van der Waals surface area contributed by atoms with E-state index in [1.54, 1.807) is 0 Å². The zero-order valence-corrected chi connectivity index (χ0v) is 12.4. The minimum absolute atomic E-state index is 0.117. The Labute approximate surface area is 117 Å². The summed E-state index contributed by atoms with van der Waals surface area (Å²) in [5.41, 5.74) is 0. The summed E-state index contributed by atoms with van der Waals surface area (Å²) < 4.78 is 11.2. The van der Waals surface area contributed by atoms with E-state index in [2.05, 4.69) is 6.92 Å². The number of aliphatic hydroxyl groups is 1. The van der Waals surface area contributed by atoms with Crippen LogP contribution in [-0.4, -0.2) is 23.8 Å². The first-order valence-corrected chi connectivity index (χ1v) is 8.28. The van der Waals surface area contributed by atoms with Crippen LogP contribution in [-0.2, 0) is 9.47 Å².